The summed E-state index contributed by atoms with van der Waals surface area (Å²) in [5.41, 5.74) is 4.25. The van der Waals surface area contributed by atoms with E-state index in [1.807, 2.05) is 60.8 Å². The number of carbonyl (C=O) groups is 2. The maximum Gasteiger partial charge on any atom is 0.272 e. The van der Waals surface area contributed by atoms with Crippen molar-refractivity contribution >= 4 is 34.5 Å². The first-order chi connectivity index (χ1) is 15.5. The first-order valence-electron chi connectivity index (χ1n) is 10.6. The van der Waals surface area contributed by atoms with Gasteiger partial charge in [0.25, 0.3) is 11.8 Å². The maximum absolute atomic E-state index is 13.1. The van der Waals surface area contributed by atoms with Crippen molar-refractivity contribution in [3.8, 4) is 0 Å². The zero-order chi connectivity index (χ0) is 22.5. The molecule has 1 heterocycles. The number of anilines is 1. The SMILES string of the molecule is CC(C)c1ccc(/C=C(/NC(=O)c2ccccc2)C(=O)Nc2ccc3cc[nH]c3c2)cc1. The third-order valence-corrected chi connectivity index (χ3v) is 5.26. The lowest BCUT2D eigenvalue weighted by Crippen LogP contribution is -2.30. The van der Waals surface area contributed by atoms with Crippen molar-refractivity contribution in [2.75, 3.05) is 5.32 Å². The van der Waals surface area contributed by atoms with Gasteiger partial charge in [0.2, 0.25) is 0 Å². The molecule has 3 aromatic carbocycles. The van der Waals surface area contributed by atoms with Crippen molar-refractivity contribution in [3.05, 3.63) is 107 Å². The number of fused-ring (bicyclic) bond motifs is 1. The third kappa shape index (κ3) is 4.95. The van der Waals surface area contributed by atoms with Gasteiger partial charge in [-0.15, -0.1) is 0 Å². The minimum atomic E-state index is -0.395. The summed E-state index contributed by atoms with van der Waals surface area (Å²) in [6.45, 7) is 4.26. The van der Waals surface area contributed by atoms with Crippen molar-refractivity contribution in [2.24, 2.45) is 0 Å². The third-order valence-electron chi connectivity index (χ3n) is 5.26. The summed E-state index contributed by atoms with van der Waals surface area (Å²) in [7, 11) is 0. The lowest BCUT2D eigenvalue weighted by Gasteiger charge is -2.12. The Balaban J connectivity index is 1.62. The van der Waals surface area contributed by atoms with E-state index >= 15 is 0 Å². The monoisotopic (exact) mass is 423 g/mol. The second-order valence-corrected chi connectivity index (χ2v) is 7.93. The summed E-state index contributed by atoms with van der Waals surface area (Å²) >= 11 is 0. The van der Waals surface area contributed by atoms with Crippen molar-refractivity contribution in [3.63, 3.8) is 0 Å². The molecule has 160 valence electrons. The number of aromatic amines is 1. The van der Waals surface area contributed by atoms with Crippen LogP contribution in [0.4, 0.5) is 5.69 Å². The number of carbonyl (C=O) groups excluding carboxylic acids is 2. The van der Waals surface area contributed by atoms with Crippen LogP contribution in [-0.2, 0) is 4.79 Å². The van der Waals surface area contributed by atoms with Gasteiger partial charge in [0.05, 0.1) is 0 Å². The molecule has 0 aliphatic heterocycles. The topological polar surface area (TPSA) is 74.0 Å². The van der Waals surface area contributed by atoms with Gasteiger partial charge in [0, 0.05) is 23.0 Å². The zero-order valence-electron chi connectivity index (χ0n) is 18.1. The molecule has 0 bridgehead atoms. The summed E-state index contributed by atoms with van der Waals surface area (Å²) < 4.78 is 0. The minimum Gasteiger partial charge on any atom is -0.361 e. The van der Waals surface area contributed by atoms with Crippen LogP contribution in [0.25, 0.3) is 17.0 Å². The molecular weight excluding hydrogens is 398 g/mol. The van der Waals surface area contributed by atoms with Crippen LogP contribution in [-0.4, -0.2) is 16.8 Å². The van der Waals surface area contributed by atoms with E-state index in [4.69, 9.17) is 0 Å². The first-order valence-corrected chi connectivity index (χ1v) is 10.6. The van der Waals surface area contributed by atoms with E-state index in [9.17, 15) is 9.59 Å². The quantitative estimate of drug-likeness (QED) is 0.348. The molecule has 5 nitrogen and oxygen atoms in total. The van der Waals surface area contributed by atoms with E-state index in [-0.39, 0.29) is 11.6 Å². The molecule has 0 unspecified atom stereocenters. The average molecular weight is 424 g/mol. The second-order valence-electron chi connectivity index (χ2n) is 7.93. The number of aromatic nitrogens is 1. The summed E-state index contributed by atoms with van der Waals surface area (Å²) in [5, 5.41) is 6.72. The highest BCUT2D eigenvalue weighted by molar-refractivity contribution is 6.11. The predicted octanol–water partition coefficient (Wildman–Crippen LogP) is 5.70. The van der Waals surface area contributed by atoms with Crippen LogP contribution in [0, 0.1) is 0 Å². The van der Waals surface area contributed by atoms with Crippen LogP contribution in [0.2, 0.25) is 0 Å². The fourth-order valence-corrected chi connectivity index (χ4v) is 3.41. The van der Waals surface area contributed by atoms with E-state index in [0.717, 1.165) is 16.5 Å². The molecule has 0 saturated carbocycles. The normalized spacial score (nSPS) is 11.5. The van der Waals surface area contributed by atoms with Crippen LogP contribution in [0.5, 0.6) is 0 Å². The minimum absolute atomic E-state index is 0.169. The summed E-state index contributed by atoms with van der Waals surface area (Å²) in [4.78, 5) is 29.0. The number of hydrogen-bond donors (Lipinski definition) is 3. The van der Waals surface area contributed by atoms with Crippen molar-refractivity contribution < 1.29 is 9.59 Å². The molecule has 0 saturated heterocycles. The molecule has 32 heavy (non-hydrogen) atoms. The largest absolute Gasteiger partial charge is 0.361 e. The van der Waals surface area contributed by atoms with Crippen LogP contribution in [0.1, 0.15) is 41.3 Å². The van der Waals surface area contributed by atoms with Crippen molar-refractivity contribution in [2.45, 2.75) is 19.8 Å². The molecule has 0 spiro atoms. The summed E-state index contributed by atoms with van der Waals surface area (Å²) in [5.74, 6) is -0.324. The Labute approximate surface area is 187 Å². The van der Waals surface area contributed by atoms with Crippen molar-refractivity contribution in [1.29, 1.82) is 0 Å². The standard InChI is InChI=1S/C27H25N3O2/c1-18(2)20-10-8-19(9-11-20)16-25(30-26(31)22-6-4-3-5-7-22)27(32)29-23-13-12-21-14-15-28-24(21)17-23/h3-18,28H,1-2H3,(H,29,32)(H,30,31)/b25-16+. The van der Waals surface area contributed by atoms with E-state index in [1.54, 1.807) is 30.3 Å². The van der Waals surface area contributed by atoms with E-state index in [0.29, 0.717) is 17.2 Å². The Bertz CT molecular complexity index is 1270. The van der Waals surface area contributed by atoms with Crippen LogP contribution in [0.15, 0.2) is 90.8 Å². The van der Waals surface area contributed by atoms with E-state index in [2.05, 4.69) is 29.5 Å². The number of hydrogen-bond acceptors (Lipinski definition) is 2. The van der Waals surface area contributed by atoms with E-state index < -0.39 is 5.91 Å². The molecule has 0 atom stereocenters. The predicted molar refractivity (Wildman–Crippen MR) is 129 cm³/mol. The number of nitrogens with one attached hydrogen (secondary N) is 3. The lowest BCUT2D eigenvalue weighted by molar-refractivity contribution is -0.113. The van der Waals surface area contributed by atoms with Crippen LogP contribution < -0.4 is 10.6 Å². The van der Waals surface area contributed by atoms with Gasteiger partial charge in [0.15, 0.2) is 0 Å². The molecule has 0 radical (unpaired) electrons. The molecule has 0 aliphatic carbocycles. The molecule has 3 N–H and O–H groups in total. The summed E-state index contributed by atoms with van der Waals surface area (Å²) in [6.07, 6.45) is 3.54. The highest BCUT2D eigenvalue weighted by Gasteiger charge is 2.15. The molecule has 4 rings (SSSR count). The molecule has 0 aliphatic rings. The maximum atomic E-state index is 13.1. The van der Waals surface area contributed by atoms with Gasteiger partial charge < -0.3 is 15.6 Å². The Morgan fingerprint density at radius 1 is 0.906 bits per heavy atom. The van der Waals surface area contributed by atoms with Crippen molar-refractivity contribution in [1.82, 2.24) is 10.3 Å². The van der Waals surface area contributed by atoms with Gasteiger partial charge in [-0.1, -0.05) is 62.4 Å². The molecule has 4 aromatic rings. The number of H-pyrrole nitrogens is 1. The second kappa shape index (κ2) is 9.35. The number of amides is 2. The highest BCUT2D eigenvalue weighted by atomic mass is 16.2. The van der Waals surface area contributed by atoms with Gasteiger partial charge in [-0.05, 0) is 58.8 Å². The molecule has 2 amide bonds. The summed E-state index contributed by atoms with van der Waals surface area (Å²) in [6, 6.07) is 24.4. The Kier molecular flexibility index (Phi) is 6.17. The smallest absolute Gasteiger partial charge is 0.272 e. The van der Waals surface area contributed by atoms with Gasteiger partial charge in [-0.2, -0.15) is 0 Å². The Morgan fingerprint density at radius 3 is 2.38 bits per heavy atom. The van der Waals surface area contributed by atoms with Gasteiger partial charge >= 0.3 is 0 Å². The first kappa shape index (κ1) is 21.1. The highest BCUT2D eigenvalue weighted by Crippen LogP contribution is 2.19. The molecule has 5 heteroatoms. The van der Waals surface area contributed by atoms with Gasteiger partial charge in [0.1, 0.15) is 5.70 Å². The lowest BCUT2D eigenvalue weighted by atomic mass is 10.0. The number of benzene rings is 3. The van der Waals surface area contributed by atoms with Crippen LogP contribution in [0.3, 0.4) is 0 Å². The van der Waals surface area contributed by atoms with E-state index in [1.165, 1.54) is 5.56 Å². The fraction of sp³-hybridized carbons (Fsp3) is 0.111. The molecule has 0 fully saturated rings. The average Bonchev–Trinajstić information content (AvgIpc) is 3.27. The molecular formula is C27H25N3O2. The zero-order valence-corrected chi connectivity index (χ0v) is 18.1. The van der Waals surface area contributed by atoms with Gasteiger partial charge in [-0.3, -0.25) is 9.59 Å². The van der Waals surface area contributed by atoms with Crippen LogP contribution >= 0.6 is 0 Å². The Hall–Kier alpha value is -4.12. The number of rotatable bonds is 6. The van der Waals surface area contributed by atoms with Gasteiger partial charge in [-0.25, -0.2) is 0 Å². The molecule has 1 aromatic heterocycles. The fourth-order valence-electron chi connectivity index (χ4n) is 3.41. The Morgan fingerprint density at radius 2 is 1.66 bits per heavy atom.